The summed E-state index contributed by atoms with van der Waals surface area (Å²) in [6, 6.07) is 15.2. The Bertz CT molecular complexity index is 1310. The van der Waals surface area contributed by atoms with Crippen LogP contribution < -0.4 is 20.4 Å². The van der Waals surface area contributed by atoms with Gasteiger partial charge in [0.15, 0.2) is 0 Å². The molecule has 140 valence electrons. The van der Waals surface area contributed by atoms with Crippen LogP contribution in [0.5, 0.6) is 5.75 Å². The molecule has 7 heteroatoms. The van der Waals surface area contributed by atoms with Crippen LogP contribution in [-0.2, 0) is 6.42 Å². The van der Waals surface area contributed by atoms with Crippen LogP contribution >= 0.6 is 11.3 Å². The van der Waals surface area contributed by atoms with E-state index in [1.807, 2.05) is 55.5 Å². The fourth-order valence-electron chi connectivity index (χ4n) is 2.80. The lowest BCUT2D eigenvalue weighted by Gasteiger charge is -2.01. The molecule has 0 aliphatic carbocycles. The molecule has 0 bridgehead atoms. The molecule has 4 rings (SSSR count). The molecule has 0 aliphatic rings. The average Bonchev–Trinajstić information content (AvgIpc) is 2.99. The quantitative estimate of drug-likeness (QED) is 0.532. The van der Waals surface area contributed by atoms with Gasteiger partial charge < -0.3 is 4.74 Å². The van der Waals surface area contributed by atoms with Gasteiger partial charge in [0.25, 0.3) is 11.1 Å². The van der Waals surface area contributed by atoms with Gasteiger partial charge in [-0.25, -0.2) is 0 Å². The zero-order chi connectivity index (χ0) is 19.7. The van der Waals surface area contributed by atoms with Gasteiger partial charge >= 0.3 is 0 Å². The number of thiazole rings is 1. The van der Waals surface area contributed by atoms with Gasteiger partial charge in [-0.15, -0.1) is 0 Å². The van der Waals surface area contributed by atoms with Crippen LogP contribution in [0, 0.1) is 6.92 Å². The number of fused-ring (bicyclic) bond motifs is 1. The molecule has 28 heavy (non-hydrogen) atoms. The summed E-state index contributed by atoms with van der Waals surface area (Å²) in [5.41, 5.74) is 2.51. The van der Waals surface area contributed by atoms with Crippen LogP contribution in [0.3, 0.4) is 0 Å². The van der Waals surface area contributed by atoms with Crippen LogP contribution in [0.2, 0.25) is 0 Å². The maximum atomic E-state index is 12.7. The molecule has 0 fully saturated rings. The van der Waals surface area contributed by atoms with E-state index in [0.29, 0.717) is 15.9 Å². The number of nitrogens with zero attached hydrogens (tertiary/aromatic N) is 3. The third kappa shape index (κ3) is 3.57. The highest BCUT2D eigenvalue weighted by Crippen LogP contribution is 2.12. The average molecular weight is 391 g/mol. The molecule has 0 saturated carbocycles. The Hall–Kier alpha value is -3.32. The van der Waals surface area contributed by atoms with E-state index in [1.54, 1.807) is 13.2 Å². The minimum Gasteiger partial charge on any atom is -0.497 e. The van der Waals surface area contributed by atoms with E-state index in [1.165, 1.54) is 4.52 Å². The zero-order valence-electron chi connectivity index (χ0n) is 15.4. The SMILES string of the molecule is COc1ccc(C=c2sc3nc(=O)c(Cc4ccc(C)cc4)nn3c2=O)cc1. The first-order valence-electron chi connectivity index (χ1n) is 8.67. The molecule has 0 N–H and O–H groups in total. The minimum absolute atomic E-state index is 0.257. The number of rotatable bonds is 4. The van der Waals surface area contributed by atoms with Crippen LogP contribution in [0.25, 0.3) is 11.0 Å². The zero-order valence-corrected chi connectivity index (χ0v) is 16.2. The first-order chi connectivity index (χ1) is 13.5. The summed E-state index contributed by atoms with van der Waals surface area (Å²) in [7, 11) is 1.60. The predicted octanol–water partition coefficient (Wildman–Crippen LogP) is 1.97. The lowest BCUT2D eigenvalue weighted by molar-refractivity contribution is 0.415. The fraction of sp³-hybridized carbons (Fsp3) is 0.143. The molecule has 6 nitrogen and oxygen atoms in total. The molecule has 0 atom stereocenters. The Balaban J connectivity index is 1.76. The van der Waals surface area contributed by atoms with Crippen LogP contribution in [0.1, 0.15) is 22.4 Å². The van der Waals surface area contributed by atoms with Gasteiger partial charge in [-0.2, -0.15) is 14.6 Å². The molecule has 2 aromatic carbocycles. The van der Waals surface area contributed by atoms with Gasteiger partial charge in [0, 0.05) is 6.42 Å². The molecule has 2 aromatic heterocycles. The lowest BCUT2D eigenvalue weighted by atomic mass is 10.1. The molecular weight excluding hydrogens is 374 g/mol. The topological polar surface area (TPSA) is 73.6 Å². The summed E-state index contributed by atoms with van der Waals surface area (Å²) < 4.78 is 6.82. The summed E-state index contributed by atoms with van der Waals surface area (Å²) in [4.78, 5) is 29.4. The summed E-state index contributed by atoms with van der Waals surface area (Å²) in [6.07, 6.45) is 2.09. The van der Waals surface area contributed by atoms with Gasteiger partial charge in [-0.05, 0) is 36.3 Å². The summed E-state index contributed by atoms with van der Waals surface area (Å²) in [6.45, 7) is 2.00. The van der Waals surface area contributed by atoms with E-state index in [4.69, 9.17) is 4.74 Å². The number of benzene rings is 2. The van der Waals surface area contributed by atoms with Crippen molar-refractivity contribution in [2.45, 2.75) is 13.3 Å². The van der Waals surface area contributed by atoms with Crippen molar-refractivity contribution in [3.8, 4) is 5.75 Å². The van der Waals surface area contributed by atoms with Crippen LogP contribution in [0.4, 0.5) is 0 Å². The van der Waals surface area contributed by atoms with Crippen molar-refractivity contribution >= 4 is 22.4 Å². The molecule has 4 aromatic rings. The summed E-state index contributed by atoms with van der Waals surface area (Å²) in [5, 5.41) is 4.28. The number of hydrogen-bond donors (Lipinski definition) is 0. The van der Waals surface area contributed by atoms with Gasteiger partial charge in [0.2, 0.25) is 4.96 Å². The number of aryl methyl sites for hydroxylation is 1. The van der Waals surface area contributed by atoms with Crippen molar-refractivity contribution in [2.75, 3.05) is 7.11 Å². The Morgan fingerprint density at radius 1 is 1.07 bits per heavy atom. The van der Waals surface area contributed by atoms with Gasteiger partial charge in [0.05, 0.1) is 11.6 Å². The molecule has 2 heterocycles. The van der Waals surface area contributed by atoms with Gasteiger partial charge in [0.1, 0.15) is 11.4 Å². The van der Waals surface area contributed by atoms with E-state index in [2.05, 4.69) is 10.1 Å². The van der Waals surface area contributed by atoms with Crippen molar-refractivity contribution in [3.05, 3.63) is 96.2 Å². The van der Waals surface area contributed by atoms with Crippen molar-refractivity contribution < 1.29 is 4.74 Å². The number of methoxy groups -OCH3 is 1. The van der Waals surface area contributed by atoms with Crippen molar-refractivity contribution in [1.29, 1.82) is 0 Å². The maximum absolute atomic E-state index is 12.7. The van der Waals surface area contributed by atoms with Crippen molar-refractivity contribution in [2.24, 2.45) is 0 Å². The highest BCUT2D eigenvalue weighted by molar-refractivity contribution is 7.15. The smallest absolute Gasteiger partial charge is 0.296 e. The Labute approximate surface area is 164 Å². The lowest BCUT2D eigenvalue weighted by Crippen LogP contribution is -2.28. The fourth-order valence-corrected chi connectivity index (χ4v) is 3.71. The summed E-state index contributed by atoms with van der Waals surface area (Å²) in [5.74, 6) is 0.741. The Kier molecular flexibility index (Phi) is 4.75. The van der Waals surface area contributed by atoms with Gasteiger partial charge in [-0.3, -0.25) is 9.59 Å². The molecule has 0 aliphatic heterocycles. The predicted molar refractivity (Wildman–Crippen MR) is 109 cm³/mol. The van der Waals surface area contributed by atoms with E-state index in [9.17, 15) is 9.59 Å². The number of ether oxygens (including phenoxy) is 1. The first kappa shape index (κ1) is 18.1. The Morgan fingerprint density at radius 2 is 1.79 bits per heavy atom. The molecule has 0 spiro atoms. The molecular formula is C21H17N3O3S. The second-order valence-electron chi connectivity index (χ2n) is 6.41. The van der Waals surface area contributed by atoms with E-state index < -0.39 is 5.56 Å². The third-order valence-electron chi connectivity index (χ3n) is 4.36. The third-order valence-corrected chi connectivity index (χ3v) is 5.32. The highest BCUT2D eigenvalue weighted by Gasteiger charge is 2.11. The van der Waals surface area contributed by atoms with E-state index in [0.717, 1.165) is 33.8 Å². The normalized spacial score (nSPS) is 11.9. The largest absolute Gasteiger partial charge is 0.497 e. The standard InChI is InChI=1S/C21H17N3O3S/c1-13-3-5-14(6-4-13)11-17-19(25)22-21-24(23-17)20(26)18(28-21)12-15-7-9-16(27-2)10-8-15/h3-10,12H,11H2,1-2H3. The second kappa shape index (κ2) is 7.36. The van der Waals surface area contributed by atoms with Crippen LogP contribution in [0.15, 0.2) is 58.1 Å². The Morgan fingerprint density at radius 3 is 2.46 bits per heavy atom. The highest BCUT2D eigenvalue weighted by atomic mass is 32.1. The summed E-state index contributed by atoms with van der Waals surface area (Å²) >= 11 is 1.15. The van der Waals surface area contributed by atoms with Crippen LogP contribution in [-0.4, -0.2) is 21.7 Å². The molecule has 0 saturated heterocycles. The number of aromatic nitrogens is 3. The first-order valence-corrected chi connectivity index (χ1v) is 9.49. The second-order valence-corrected chi connectivity index (χ2v) is 7.42. The van der Waals surface area contributed by atoms with E-state index in [-0.39, 0.29) is 11.3 Å². The molecule has 0 radical (unpaired) electrons. The molecule has 0 amide bonds. The van der Waals surface area contributed by atoms with Crippen molar-refractivity contribution in [3.63, 3.8) is 0 Å². The molecule has 0 unspecified atom stereocenters. The van der Waals surface area contributed by atoms with E-state index >= 15 is 0 Å². The maximum Gasteiger partial charge on any atom is 0.296 e. The minimum atomic E-state index is -0.405. The van der Waals surface area contributed by atoms with Crippen molar-refractivity contribution in [1.82, 2.24) is 14.6 Å². The van der Waals surface area contributed by atoms with Gasteiger partial charge in [-0.1, -0.05) is 53.3 Å². The monoisotopic (exact) mass is 391 g/mol. The number of hydrogen-bond acceptors (Lipinski definition) is 6.